The lowest BCUT2D eigenvalue weighted by Crippen LogP contribution is -2.50. The van der Waals surface area contributed by atoms with E-state index < -0.39 is 16.1 Å². The first-order chi connectivity index (χ1) is 10.3. The van der Waals surface area contributed by atoms with Gasteiger partial charge in [0.1, 0.15) is 6.04 Å². The summed E-state index contributed by atoms with van der Waals surface area (Å²) in [6.07, 6.45) is 3.47. The van der Waals surface area contributed by atoms with Crippen LogP contribution in [0.15, 0.2) is 24.3 Å². The molecule has 0 unspecified atom stereocenters. The maximum absolute atomic E-state index is 12.7. The van der Waals surface area contributed by atoms with Crippen molar-refractivity contribution in [1.82, 2.24) is 4.90 Å². The molecule has 5 nitrogen and oxygen atoms in total. The van der Waals surface area contributed by atoms with Crippen molar-refractivity contribution in [2.75, 3.05) is 23.7 Å². The minimum atomic E-state index is -3.59. The molecule has 22 heavy (non-hydrogen) atoms. The number of hydrogen-bond donors (Lipinski definition) is 0. The normalized spacial score (nSPS) is 16.6. The predicted octanol–water partition coefficient (Wildman–Crippen LogP) is 2.51. The molecule has 0 N–H and O–H groups in total. The zero-order valence-electron chi connectivity index (χ0n) is 12.8. The lowest BCUT2D eigenvalue weighted by atomic mass is 10.1. The standard InChI is InChI=1S/C15H21ClN2O3S/c1-3-14(15(19)17-9-4-5-10-17)18(22(2,20)21)13-8-6-7-12(16)11-13/h6-8,11,14H,3-5,9-10H2,1-2H3/t14-/m0/s1. The summed E-state index contributed by atoms with van der Waals surface area (Å²) in [5.74, 6) is -0.134. The molecule has 0 radical (unpaired) electrons. The average molecular weight is 345 g/mol. The highest BCUT2D eigenvalue weighted by Crippen LogP contribution is 2.26. The second kappa shape index (κ2) is 6.87. The number of anilines is 1. The molecule has 0 saturated carbocycles. The lowest BCUT2D eigenvalue weighted by Gasteiger charge is -2.32. The Morgan fingerprint density at radius 2 is 2.00 bits per heavy atom. The van der Waals surface area contributed by atoms with Crippen molar-refractivity contribution in [3.05, 3.63) is 29.3 Å². The number of hydrogen-bond acceptors (Lipinski definition) is 3. The third-order valence-corrected chi connectivity index (χ3v) is 5.21. The van der Waals surface area contributed by atoms with Gasteiger partial charge in [-0.2, -0.15) is 0 Å². The number of sulfonamides is 1. The minimum Gasteiger partial charge on any atom is -0.341 e. The smallest absolute Gasteiger partial charge is 0.246 e. The molecule has 1 aromatic carbocycles. The minimum absolute atomic E-state index is 0.134. The summed E-state index contributed by atoms with van der Waals surface area (Å²) in [5, 5.41) is 0.439. The van der Waals surface area contributed by atoms with E-state index >= 15 is 0 Å². The number of benzene rings is 1. The molecule has 0 aromatic heterocycles. The number of halogens is 1. The highest BCUT2D eigenvalue weighted by atomic mass is 35.5. The molecule has 1 amide bonds. The molecule has 1 heterocycles. The van der Waals surface area contributed by atoms with Gasteiger partial charge in [-0.15, -0.1) is 0 Å². The number of carbonyl (C=O) groups excluding carboxylic acids is 1. The van der Waals surface area contributed by atoms with E-state index in [0.717, 1.165) is 19.1 Å². The van der Waals surface area contributed by atoms with E-state index in [1.54, 1.807) is 29.2 Å². The van der Waals surface area contributed by atoms with Crippen molar-refractivity contribution in [3.63, 3.8) is 0 Å². The third kappa shape index (κ3) is 3.73. The summed E-state index contributed by atoms with van der Waals surface area (Å²) in [4.78, 5) is 14.5. The van der Waals surface area contributed by atoms with Crippen LogP contribution in [0.1, 0.15) is 26.2 Å². The molecule has 122 valence electrons. The van der Waals surface area contributed by atoms with Crippen molar-refractivity contribution in [2.45, 2.75) is 32.2 Å². The van der Waals surface area contributed by atoms with Gasteiger partial charge in [0.25, 0.3) is 0 Å². The number of nitrogens with zero attached hydrogens (tertiary/aromatic N) is 2. The van der Waals surface area contributed by atoms with Gasteiger partial charge in [0.2, 0.25) is 15.9 Å². The van der Waals surface area contributed by atoms with E-state index in [4.69, 9.17) is 11.6 Å². The Balaban J connectivity index is 2.40. The van der Waals surface area contributed by atoms with Gasteiger partial charge in [-0.25, -0.2) is 8.42 Å². The van der Waals surface area contributed by atoms with Crippen LogP contribution in [0, 0.1) is 0 Å². The molecule has 1 aliphatic rings. The average Bonchev–Trinajstić information content (AvgIpc) is 2.96. The van der Waals surface area contributed by atoms with Crippen LogP contribution in [0.2, 0.25) is 5.02 Å². The van der Waals surface area contributed by atoms with Crippen LogP contribution in [0.25, 0.3) is 0 Å². The largest absolute Gasteiger partial charge is 0.341 e. The molecule has 7 heteroatoms. The first kappa shape index (κ1) is 17.1. The molecule has 2 rings (SSSR count). The Labute approximate surface area is 136 Å². The molecule has 1 fully saturated rings. The van der Waals surface area contributed by atoms with Crippen molar-refractivity contribution in [3.8, 4) is 0 Å². The Morgan fingerprint density at radius 1 is 1.36 bits per heavy atom. The van der Waals surface area contributed by atoms with E-state index in [0.29, 0.717) is 30.2 Å². The van der Waals surface area contributed by atoms with Gasteiger partial charge in [-0.1, -0.05) is 24.6 Å². The maximum atomic E-state index is 12.7. The molecular weight excluding hydrogens is 324 g/mol. The predicted molar refractivity (Wildman–Crippen MR) is 88.7 cm³/mol. The van der Waals surface area contributed by atoms with Crippen LogP contribution in [0.4, 0.5) is 5.69 Å². The molecule has 1 aromatic rings. The topological polar surface area (TPSA) is 57.7 Å². The monoisotopic (exact) mass is 344 g/mol. The second-order valence-electron chi connectivity index (χ2n) is 5.50. The molecule has 0 spiro atoms. The van der Waals surface area contributed by atoms with Gasteiger partial charge in [0.05, 0.1) is 11.9 Å². The van der Waals surface area contributed by atoms with Crippen molar-refractivity contribution >= 4 is 33.2 Å². The van der Waals surface area contributed by atoms with Crippen molar-refractivity contribution in [2.24, 2.45) is 0 Å². The van der Waals surface area contributed by atoms with Crippen LogP contribution in [0.5, 0.6) is 0 Å². The molecule has 0 aliphatic carbocycles. The van der Waals surface area contributed by atoms with E-state index in [2.05, 4.69) is 0 Å². The SMILES string of the molecule is CC[C@@H](C(=O)N1CCCC1)N(c1cccc(Cl)c1)S(C)(=O)=O. The molecular formula is C15H21ClN2O3S. The van der Waals surface area contributed by atoms with Gasteiger partial charge in [0, 0.05) is 18.1 Å². The third-order valence-electron chi connectivity index (χ3n) is 3.79. The van der Waals surface area contributed by atoms with Crippen LogP contribution < -0.4 is 4.31 Å². The zero-order chi connectivity index (χ0) is 16.3. The van der Waals surface area contributed by atoms with E-state index in [1.807, 2.05) is 6.92 Å². The number of carbonyl (C=O) groups is 1. The fourth-order valence-electron chi connectivity index (χ4n) is 2.80. The fraction of sp³-hybridized carbons (Fsp3) is 0.533. The van der Waals surface area contributed by atoms with Gasteiger partial charge in [-0.05, 0) is 37.5 Å². The zero-order valence-corrected chi connectivity index (χ0v) is 14.4. The second-order valence-corrected chi connectivity index (χ2v) is 7.79. The van der Waals surface area contributed by atoms with Gasteiger partial charge in [-0.3, -0.25) is 9.10 Å². The van der Waals surface area contributed by atoms with Crippen LogP contribution in [0.3, 0.4) is 0 Å². The van der Waals surface area contributed by atoms with Gasteiger partial charge in [0.15, 0.2) is 0 Å². The maximum Gasteiger partial charge on any atom is 0.246 e. The summed E-state index contributed by atoms with van der Waals surface area (Å²) < 4.78 is 25.7. The van der Waals surface area contributed by atoms with Crippen LogP contribution in [-0.2, 0) is 14.8 Å². The van der Waals surface area contributed by atoms with Crippen molar-refractivity contribution in [1.29, 1.82) is 0 Å². The van der Waals surface area contributed by atoms with Gasteiger partial charge >= 0.3 is 0 Å². The summed E-state index contributed by atoms with van der Waals surface area (Å²) >= 11 is 5.98. The molecule has 0 bridgehead atoms. The quantitative estimate of drug-likeness (QED) is 0.824. The Hall–Kier alpha value is -1.27. The molecule has 1 aliphatic heterocycles. The number of likely N-dealkylation sites (tertiary alicyclic amines) is 1. The number of amides is 1. The first-order valence-electron chi connectivity index (χ1n) is 7.38. The molecule has 1 saturated heterocycles. The van der Waals surface area contributed by atoms with Crippen molar-refractivity contribution < 1.29 is 13.2 Å². The Kier molecular flexibility index (Phi) is 5.34. The summed E-state index contributed by atoms with van der Waals surface area (Å²) in [5.41, 5.74) is 0.425. The highest BCUT2D eigenvalue weighted by molar-refractivity contribution is 7.92. The summed E-state index contributed by atoms with van der Waals surface area (Å²) in [7, 11) is -3.59. The summed E-state index contributed by atoms with van der Waals surface area (Å²) in [6, 6.07) is 5.86. The van der Waals surface area contributed by atoms with E-state index in [1.165, 1.54) is 4.31 Å². The fourth-order valence-corrected chi connectivity index (χ4v) is 4.19. The lowest BCUT2D eigenvalue weighted by molar-refractivity contribution is -0.131. The Morgan fingerprint density at radius 3 is 2.50 bits per heavy atom. The Bertz CT molecular complexity index is 642. The van der Waals surface area contributed by atoms with Gasteiger partial charge < -0.3 is 4.90 Å². The first-order valence-corrected chi connectivity index (χ1v) is 9.61. The van der Waals surface area contributed by atoms with E-state index in [-0.39, 0.29) is 5.91 Å². The van der Waals surface area contributed by atoms with Crippen LogP contribution >= 0.6 is 11.6 Å². The summed E-state index contributed by atoms with van der Waals surface area (Å²) in [6.45, 7) is 3.21. The van der Waals surface area contributed by atoms with Crippen LogP contribution in [-0.4, -0.2) is 44.6 Å². The highest BCUT2D eigenvalue weighted by Gasteiger charge is 2.35. The molecule has 1 atom stereocenters. The number of rotatable bonds is 5. The van der Waals surface area contributed by atoms with E-state index in [9.17, 15) is 13.2 Å².